The zero-order chi connectivity index (χ0) is 22.4. The number of nitrogens with one attached hydrogen (secondary N) is 2. The second-order valence-corrected chi connectivity index (χ2v) is 7.94. The minimum atomic E-state index is -2.89. The summed E-state index contributed by atoms with van der Waals surface area (Å²) in [5, 5.41) is 6.84. The summed E-state index contributed by atoms with van der Waals surface area (Å²) in [6, 6.07) is 15.5. The number of halogens is 2. The molecule has 1 aromatic heterocycles. The Labute approximate surface area is 188 Å². The predicted molar refractivity (Wildman–Crippen MR) is 123 cm³/mol. The summed E-state index contributed by atoms with van der Waals surface area (Å²) in [5.74, 6) is -0.394. The normalized spacial score (nSPS) is 10.6. The van der Waals surface area contributed by atoms with Gasteiger partial charge in [0.1, 0.15) is 16.3 Å². The molecule has 0 fully saturated rings. The van der Waals surface area contributed by atoms with Gasteiger partial charge in [-0.2, -0.15) is 8.78 Å². The van der Waals surface area contributed by atoms with Crippen molar-refractivity contribution in [3.63, 3.8) is 0 Å². The number of thiocarbonyl (C=S) groups is 1. The maximum absolute atomic E-state index is 12.7. The lowest BCUT2D eigenvalue weighted by Crippen LogP contribution is -2.20. The Morgan fingerprint density at radius 1 is 1.10 bits per heavy atom. The second kappa shape index (κ2) is 10.3. The van der Waals surface area contributed by atoms with Crippen LogP contribution in [-0.2, 0) is 4.74 Å². The van der Waals surface area contributed by atoms with Gasteiger partial charge in [0.25, 0.3) is 0 Å². The monoisotopic (exact) mass is 462 g/mol. The van der Waals surface area contributed by atoms with Gasteiger partial charge in [0, 0.05) is 16.1 Å². The summed E-state index contributed by atoms with van der Waals surface area (Å²) in [6.45, 7) is 1.04. The molecule has 2 N–H and O–H groups in total. The van der Waals surface area contributed by atoms with Crippen molar-refractivity contribution in [2.75, 3.05) is 17.2 Å². The Kier molecular flexibility index (Phi) is 7.54. The van der Waals surface area contributed by atoms with Crippen molar-refractivity contribution in [3.05, 3.63) is 65.0 Å². The molecule has 0 bridgehead atoms. The summed E-state index contributed by atoms with van der Waals surface area (Å²) in [7, 11) is 0. The molecule has 5 nitrogen and oxygen atoms in total. The number of aryl methyl sites for hydroxylation is 1. The van der Waals surface area contributed by atoms with Gasteiger partial charge in [-0.05, 0) is 55.9 Å². The van der Waals surface area contributed by atoms with Crippen molar-refractivity contribution in [3.8, 4) is 16.9 Å². The zero-order valence-electron chi connectivity index (χ0n) is 16.8. The molecule has 1 heterocycles. The number of hydrogen-bond acceptors (Lipinski definition) is 5. The lowest BCUT2D eigenvalue weighted by atomic mass is 10.0. The van der Waals surface area contributed by atoms with E-state index in [1.807, 2.05) is 37.3 Å². The van der Waals surface area contributed by atoms with Crippen molar-refractivity contribution in [2.24, 2.45) is 0 Å². The smallest absolute Gasteiger partial charge is 0.387 e. The first-order valence-corrected chi connectivity index (χ1v) is 10.6. The highest BCUT2D eigenvalue weighted by atomic mass is 32.1. The molecule has 0 atom stereocenters. The van der Waals surface area contributed by atoms with E-state index in [1.165, 1.54) is 23.5 Å². The summed E-state index contributed by atoms with van der Waals surface area (Å²) >= 11 is 6.78. The van der Waals surface area contributed by atoms with Gasteiger partial charge in [-0.1, -0.05) is 30.3 Å². The van der Waals surface area contributed by atoms with Crippen LogP contribution in [0.1, 0.15) is 22.2 Å². The van der Waals surface area contributed by atoms with E-state index in [1.54, 1.807) is 19.1 Å². The van der Waals surface area contributed by atoms with E-state index in [2.05, 4.69) is 15.4 Å². The molecule has 0 amide bonds. The molecule has 0 spiro atoms. The third-order valence-electron chi connectivity index (χ3n) is 4.19. The lowest BCUT2D eigenvalue weighted by molar-refractivity contribution is -0.0498. The van der Waals surface area contributed by atoms with Crippen molar-refractivity contribution in [1.82, 2.24) is 0 Å². The fourth-order valence-corrected chi connectivity index (χ4v) is 4.32. The molecule has 2 aromatic carbocycles. The first-order valence-electron chi connectivity index (χ1n) is 9.37. The molecule has 0 saturated heterocycles. The van der Waals surface area contributed by atoms with Crippen molar-refractivity contribution < 1.29 is 23.0 Å². The number of carbonyl (C=O) groups excluding carboxylic acids is 1. The van der Waals surface area contributed by atoms with Gasteiger partial charge in [0.15, 0.2) is 5.11 Å². The van der Waals surface area contributed by atoms with Crippen molar-refractivity contribution >= 4 is 45.3 Å². The fourth-order valence-electron chi connectivity index (χ4n) is 2.97. The number of carbonyl (C=O) groups is 1. The average Bonchev–Trinajstić information content (AvgIpc) is 3.05. The van der Waals surface area contributed by atoms with Crippen LogP contribution in [0.4, 0.5) is 19.5 Å². The van der Waals surface area contributed by atoms with Crippen LogP contribution in [0.25, 0.3) is 11.1 Å². The number of hydrogen-bond donors (Lipinski definition) is 2. The first-order chi connectivity index (χ1) is 14.9. The number of rotatable bonds is 7. The van der Waals surface area contributed by atoms with Crippen LogP contribution in [0.2, 0.25) is 0 Å². The Balaban J connectivity index is 1.83. The Bertz CT molecular complexity index is 1050. The SMILES string of the molecule is CCOC(=O)c1c(NC(=S)Nc2ccc(OC(F)F)cc2)sc(C)c1-c1ccccc1. The first kappa shape index (κ1) is 22.6. The van der Waals surface area contributed by atoms with Crippen molar-refractivity contribution in [1.29, 1.82) is 0 Å². The van der Waals surface area contributed by atoms with E-state index in [9.17, 15) is 13.6 Å². The largest absolute Gasteiger partial charge is 0.462 e. The molecule has 0 aliphatic heterocycles. The standard InChI is InChI=1S/C22H20F2N2O3S2/c1-3-28-20(27)18-17(14-7-5-4-6-8-14)13(2)31-19(18)26-22(30)25-15-9-11-16(12-10-15)29-21(23)24/h4-12,21H,3H2,1-2H3,(H2,25,26,30). The number of anilines is 2. The molecule has 31 heavy (non-hydrogen) atoms. The highest BCUT2D eigenvalue weighted by Crippen LogP contribution is 2.40. The third kappa shape index (κ3) is 5.77. The molecule has 0 unspecified atom stereocenters. The number of alkyl halides is 2. The van der Waals surface area contributed by atoms with Crippen LogP contribution < -0.4 is 15.4 Å². The molecule has 3 rings (SSSR count). The van der Waals surface area contributed by atoms with Crippen LogP contribution in [-0.4, -0.2) is 24.3 Å². The van der Waals surface area contributed by atoms with Gasteiger partial charge in [0.2, 0.25) is 0 Å². The highest BCUT2D eigenvalue weighted by molar-refractivity contribution is 7.80. The lowest BCUT2D eigenvalue weighted by Gasteiger charge is -2.12. The van der Waals surface area contributed by atoms with Crippen LogP contribution in [0.5, 0.6) is 5.75 Å². The molecule has 162 valence electrons. The van der Waals surface area contributed by atoms with Gasteiger partial charge < -0.3 is 20.1 Å². The third-order valence-corrected chi connectivity index (χ3v) is 5.42. The summed E-state index contributed by atoms with van der Waals surface area (Å²) < 4.78 is 34.2. The van der Waals surface area contributed by atoms with Gasteiger partial charge in [-0.3, -0.25) is 0 Å². The molecular formula is C22H20F2N2O3S2. The quantitative estimate of drug-likeness (QED) is 0.317. The summed E-state index contributed by atoms with van der Waals surface area (Å²) in [6.07, 6.45) is 0. The number of thiophene rings is 1. The van der Waals surface area contributed by atoms with Crippen LogP contribution in [0.15, 0.2) is 54.6 Å². The van der Waals surface area contributed by atoms with Gasteiger partial charge >= 0.3 is 12.6 Å². The van der Waals surface area contributed by atoms with Gasteiger partial charge in [0.05, 0.1) is 6.61 Å². The van der Waals surface area contributed by atoms with E-state index in [0.717, 1.165) is 16.0 Å². The minimum Gasteiger partial charge on any atom is -0.462 e. The molecule has 3 aromatic rings. The Morgan fingerprint density at radius 3 is 2.39 bits per heavy atom. The van der Waals surface area contributed by atoms with E-state index in [0.29, 0.717) is 16.3 Å². The molecule has 9 heteroatoms. The predicted octanol–water partition coefficient (Wildman–Crippen LogP) is 6.31. The van der Waals surface area contributed by atoms with E-state index in [4.69, 9.17) is 17.0 Å². The highest BCUT2D eigenvalue weighted by Gasteiger charge is 2.24. The molecule has 0 aliphatic rings. The second-order valence-electron chi connectivity index (χ2n) is 6.31. The van der Waals surface area contributed by atoms with Crippen LogP contribution >= 0.6 is 23.6 Å². The van der Waals surface area contributed by atoms with Gasteiger partial charge in [-0.15, -0.1) is 11.3 Å². The molecule has 0 radical (unpaired) electrons. The minimum absolute atomic E-state index is 0.0467. The summed E-state index contributed by atoms with van der Waals surface area (Å²) in [4.78, 5) is 13.7. The van der Waals surface area contributed by atoms with Crippen LogP contribution in [0.3, 0.4) is 0 Å². The molecular weight excluding hydrogens is 442 g/mol. The van der Waals surface area contributed by atoms with E-state index >= 15 is 0 Å². The zero-order valence-corrected chi connectivity index (χ0v) is 18.4. The summed E-state index contributed by atoms with van der Waals surface area (Å²) in [5.41, 5.74) is 2.69. The van der Waals surface area contributed by atoms with Gasteiger partial charge in [-0.25, -0.2) is 4.79 Å². The Morgan fingerprint density at radius 2 is 1.77 bits per heavy atom. The number of esters is 1. The number of ether oxygens (including phenoxy) is 2. The topological polar surface area (TPSA) is 59.6 Å². The van der Waals surface area contributed by atoms with Crippen LogP contribution in [0, 0.1) is 6.92 Å². The average molecular weight is 463 g/mol. The Hall–Kier alpha value is -3.04. The number of benzene rings is 2. The van der Waals surface area contributed by atoms with E-state index in [-0.39, 0.29) is 17.5 Å². The maximum Gasteiger partial charge on any atom is 0.387 e. The fraction of sp³-hybridized carbons (Fsp3) is 0.182. The van der Waals surface area contributed by atoms with E-state index < -0.39 is 12.6 Å². The maximum atomic E-state index is 12.7. The van der Waals surface area contributed by atoms with Crippen molar-refractivity contribution in [2.45, 2.75) is 20.5 Å². The molecule has 0 saturated carbocycles. The molecule has 0 aliphatic carbocycles.